The number of benzene rings is 1. The number of anilines is 1. The Balaban J connectivity index is 1.76. The molecule has 1 N–H and O–H groups in total. The minimum atomic E-state index is -0.751. The van der Waals surface area contributed by atoms with Gasteiger partial charge in [-0.15, -0.1) is 0 Å². The molecule has 1 aliphatic heterocycles. The van der Waals surface area contributed by atoms with E-state index in [9.17, 15) is 14.7 Å². The van der Waals surface area contributed by atoms with Crippen LogP contribution in [0, 0.1) is 12.8 Å². The van der Waals surface area contributed by atoms with Gasteiger partial charge in [-0.1, -0.05) is 29.8 Å². The van der Waals surface area contributed by atoms with Crippen LogP contribution in [0.25, 0.3) is 5.52 Å². The zero-order chi connectivity index (χ0) is 19.8. The molecule has 1 aromatic carbocycles. The first-order valence-electron chi connectivity index (χ1n) is 9.22. The van der Waals surface area contributed by atoms with Gasteiger partial charge < -0.3 is 10.0 Å². The summed E-state index contributed by atoms with van der Waals surface area (Å²) in [6.45, 7) is 3.04. The van der Waals surface area contributed by atoms with E-state index in [1.165, 1.54) is 0 Å². The number of aromatic nitrogens is 2. The normalized spacial score (nSPS) is 15.1. The Bertz CT molecular complexity index is 1050. The van der Waals surface area contributed by atoms with Crippen LogP contribution in [0.15, 0.2) is 42.6 Å². The van der Waals surface area contributed by atoms with Gasteiger partial charge in [-0.2, -0.15) is 0 Å². The Morgan fingerprint density at radius 1 is 1.14 bits per heavy atom. The summed E-state index contributed by atoms with van der Waals surface area (Å²) in [4.78, 5) is 31.2. The number of aliphatic carboxylic acids is 1. The Morgan fingerprint density at radius 3 is 2.57 bits per heavy atom. The molecule has 0 spiro atoms. The fourth-order valence-electron chi connectivity index (χ4n) is 3.78. The van der Waals surface area contributed by atoms with Crippen LogP contribution in [0.5, 0.6) is 0 Å². The zero-order valence-electron chi connectivity index (χ0n) is 15.4. The van der Waals surface area contributed by atoms with Crippen LogP contribution < -0.4 is 4.90 Å². The summed E-state index contributed by atoms with van der Waals surface area (Å²) >= 11 is 6.30. The van der Waals surface area contributed by atoms with Gasteiger partial charge in [-0.3, -0.25) is 14.0 Å². The van der Waals surface area contributed by atoms with E-state index in [2.05, 4.69) is 9.88 Å². The average molecular weight is 398 g/mol. The highest BCUT2D eigenvalue weighted by molar-refractivity contribution is 6.35. The third-order valence-electron chi connectivity index (χ3n) is 5.32. The highest BCUT2D eigenvalue weighted by atomic mass is 35.5. The van der Waals surface area contributed by atoms with Crippen LogP contribution in [-0.2, 0) is 4.79 Å². The van der Waals surface area contributed by atoms with E-state index >= 15 is 0 Å². The number of hydrogen-bond donors (Lipinski definition) is 1. The molecule has 0 saturated carbocycles. The second-order valence-corrected chi connectivity index (χ2v) is 7.48. The number of imidazole rings is 1. The molecule has 0 atom stereocenters. The van der Waals surface area contributed by atoms with Gasteiger partial charge in [0.25, 0.3) is 0 Å². The predicted octanol–water partition coefficient (Wildman–Crippen LogP) is 3.83. The maximum Gasteiger partial charge on any atom is 0.306 e. The number of ketones is 1. The fraction of sp³-hybridized carbons (Fsp3) is 0.286. The van der Waals surface area contributed by atoms with Gasteiger partial charge in [0.2, 0.25) is 5.78 Å². The smallest absolute Gasteiger partial charge is 0.306 e. The minimum absolute atomic E-state index is 0.226. The van der Waals surface area contributed by atoms with Crippen molar-refractivity contribution in [3.8, 4) is 0 Å². The van der Waals surface area contributed by atoms with E-state index < -0.39 is 5.97 Å². The van der Waals surface area contributed by atoms with E-state index in [-0.39, 0.29) is 11.7 Å². The van der Waals surface area contributed by atoms with Crippen LogP contribution in [0.2, 0.25) is 5.02 Å². The molecule has 28 heavy (non-hydrogen) atoms. The fourth-order valence-corrected chi connectivity index (χ4v) is 4.09. The summed E-state index contributed by atoms with van der Waals surface area (Å²) in [6.07, 6.45) is 2.94. The number of carbonyl (C=O) groups is 2. The lowest BCUT2D eigenvalue weighted by molar-refractivity contribution is -0.142. The molecule has 0 radical (unpaired) electrons. The quantitative estimate of drug-likeness (QED) is 0.677. The van der Waals surface area contributed by atoms with Crippen molar-refractivity contribution in [1.29, 1.82) is 0 Å². The second kappa shape index (κ2) is 7.28. The topological polar surface area (TPSA) is 74.9 Å². The monoisotopic (exact) mass is 397 g/mol. The van der Waals surface area contributed by atoms with E-state index in [1.54, 1.807) is 10.5 Å². The molecule has 4 rings (SSSR count). The van der Waals surface area contributed by atoms with Crippen LogP contribution in [0.3, 0.4) is 0 Å². The van der Waals surface area contributed by atoms with Gasteiger partial charge in [0, 0.05) is 24.8 Å². The zero-order valence-corrected chi connectivity index (χ0v) is 16.2. The van der Waals surface area contributed by atoms with E-state index in [0.717, 1.165) is 11.1 Å². The van der Waals surface area contributed by atoms with Crippen molar-refractivity contribution in [3.63, 3.8) is 0 Å². The summed E-state index contributed by atoms with van der Waals surface area (Å²) in [5, 5.41) is 9.63. The molecule has 3 heterocycles. The first-order valence-corrected chi connectivity index (χ1v) is 9.60. The van der Waals surface area contributed by atoms with Crippen LogP contribution in [-0.4, -0.2) is 39.3 Å². The number of carbonyl (C=O) groups excluding carboxylic acids is 1. The SMILES string of the molecule is Cc1cccc(Cl)c1C(=O)c1nc(N2CCC(C(=O)O)CC2)c2ccccn12. The van der Waals surface area contributed by atoms with Crippen molar-refractivity contribution >= 4 is 34.7 Å². The third kappa shape index (κ3) is 3.14. The van der Waals surface area contributed by atoms with Crippen molar-refractivity contribution in [1.82, 2.24) is 9.38 Å². The first-order chi connectivity index (χ1) is 13.5. The molecular formula is C21H20ClN3O3. The largest absolute Gasteiger partial charge is 0.481 e. The second-order valence-electron chi connectivity index (χ2n) is 7.08. The lowest BCUT2D eigenvalue weighted by Crippen LogP contribution is -2.36. The number of nitrogens with zero attached hydrogens (tertiary/aromatic N) is 3. The van der Waals surface area contributed by atoms with E-state index in [0.29, 0.717) is 48.2 Å². The van der Waals surface area contributed by atoms with Crippen LogP contribution in [0.4, 0.5) is 5.82 Å². The maximum atomic E-state index is 13.3. The average Bonchev–Trinajstić information content (AvgIpc) is 3.07. The number of halogens is 1. The number of hydrogen-bond acceptors (Lipinski definition) is 4. The first kappa shape index (κ1) is 18.5. The summed E-state index contributed by atoms with van der Waals surface area (Å²) in [6, 6.07) is 11.0. The lowest BCUT2D eigenvalue weighted by Gasteiger charge is -2.30. The molecule has 1 fully saturated rings. The highest BCUT2D eigenvalue weighted by Gasteiger charge is 2.29. The number of carboxylic acids is 1. The molecule has 6 nitrogen and oxygen atoms in total. The summed E-state index contributed by atoms with van der Waals surface area (Å²) in [5.41, 5.74) is 2.08. The van der Waals surface area contributed by atoms with Crippen molar-refractivity contribution in [3.05, 3.63) is 64.6 Å². The molecule has 0 unspecified atom stereocenters. The molecule has 1 aliphatic rings. The molecule has 144 valence electrons. The number of carboxylic acid groups (broad SMARTS) is 1. The van der Waals surface area contributed by atoms with E-state index in [1.807, 2.05) is 43.5 Å². The Morgan fingerprint density at radius 2 is 1.89 bits per heavy atom. The number of aryl methyl sites for hydroxylation is 1. The summed E-state index contributed by atoms with van der Waals surface area (Å²) < 4.78 is 1.78. The Labute approximate surface area is 167 Å². The number of rotatable bonds is 4. The number of fused-ring (bicyclic) bond motifs is 1. The molecule has 2 aromatic heterocycles. The van der Waals surface area contributed by atoms with Crippen LogP contribution >= 0.6 is 11.6 Å². The molecule has 0 bridgehead atoms. The molecule has 0 aliphatic carbocycles. The van der Waals surface area contributed by atoms with Gasteiger partial charge in [-0.05, 0) is 43.5 Å². The predicted molar refractivity (Wildman–Crippen MR) is 107 cm³/mol. The standard InChI is InChI=1S/C21H20ClN3O3/c1-13-5-4-6-15(22)17(13)18(26)20-23-19(16-7-2-3-10-25(16)20)24-11-8-14(9-12-24)21(27)28/h2-7,10,14H,8-9,11-12H2,1H3,(H,27,28). The van der Waals surface area contributed by atoms with E-state index in [4.69, 9.17) is 11.6 Å². The van der Waals surface area contributed by atoms with Gasteiger partial charge in [0.15, 0.2) is 11.6 Å². The maximum absolute atomic E-state index is 13.3. The number of piperidine rings is 1. The number of pyridine rings is 1. The Hall–Kier alpha value is -2.86. The summed E-state index contributed by atoms with van der Waals surface area (Å²) in [7, 11) is 0. The minimum Gasteiger partial charge on any atom is -0.481 e. The van der Waals surface area contributed by atoms with Crippen molar-refractivity contribution in [2.45, 2.75) is 19.8 Å². The Kier molecular flexibility index (Phi) is 4.81. The third-order valence-corrected chi connectivity index (χ3v) is 5.64. The summed E-state index contributed by atoms with van der Waals surface area (Å²) in [5.74, 6) is -0.285. The van der Waals surface area contributed by atoms with Crippen LogP contribution in [0.1, 0.15) is 34.6 Å². The lowest BCUT2D eigenvalue weighted by atomic mass is 9.97. The molecule has 7 heteroatoms. The molecule has 0 amide bonds. The van der Waals surface area contributed by atoms with Crippen molar-refractivity contribution in [2.24, 2.45) is 5.92 Å². The molecular weight excluding hydrogens is 378 g/mol. The van der Waals surface area contributed by atoms with Gasteiger partial charge in [-0.25, -0.2) is 4.98 Å². The van der Waals surface area contributed by atoms with Gasteiger partial charge in [0.05, 0.1) is 16.5 Å². The van der Waals surface area contributed by atoms with Gasteiger partial charge >= 0.3 is 5.97 Å². The van der Waals surface area contributed by atoms with Gasteiger partial charge in [0.1, 0.15) is 0 Å². The molecule has 1 saturated heterocycles. The molecule has 3 aromatic rings. The highest BCUT2D eigenvalue weighted by Crippen LogP contribution is 2.30. The van der Waals surface area contributed by atoms with Crippen molar-refractivity contribution < 1.29 is 14.7 Å². The van der Waals surface area contributed by atoms with Crippen molar-refractivity contribution in [2.75, 3.05) is 18.0 Å².